The molecule has 0 fully saturated rings. The molecule has 0 amide bonds. The smallest absolute Gasteiger partial charge is 0.337 e. The zero-order valence-corrected chi connectivity index (χ0v) is 20.0. The van der Waals surface area contributed by atoms with Crippen molar-refractivity contribution in [1.29, 1.82) is 5.41 Å². The highest BCUT2D eigenvalue weighted by atomic mass is 19.1. The number of aromatic nitrogens is 2. The summed E-state index contributed by atoms with van der Waals surface area (Å²) in [6.45, 7) is 9.94. The highest BCUT2D eigenvalue weighted by Crippen LogP contribution is 2.42. The molecule has 0 saturated carbocycles. The molecule has 0 radical (unpaired) electrons. The van der Waals surface area contributed by atoms with Gasteiger partial charge >= 0.3 is 5.97 Å². The van der Waals surface area contributed by atoms with Gasteiger partial charge in [-0.3, -0.25) is 4.98 Å². The van der Waals surface area contributed by atoms with Gasteiger partial charge < -0.3 is 20.8 Å². The fourth-order valence-corrected chi connectivity index (χ4v) is 4.13. The zero-order chi connectivity index (χ0) is 25.2. The van der Waals surface area contributed by atoms with Gasteiger partial charge in [0, 0.05) is 46.0 Å². The molecule has 0 saturated heterocycles. The number of aromatic carboxylic acids is 1. The van der Waals surface area contributed by atoms with E-state index < -0.39 is 5.97 Å². The third kappa shape index (κ3) is 4.29. The van der Waals surface area contributed by atoms with Gasteiger partial charge in [-0.2, -0.15) is 0 Å². The normalized spacial score (nSPS) is 10.8. The van der Waals surface area contributed by atoms with E-state index in [-0.39, 0.29) is 17.3 Å². The number of hydrogen-bond donors (Lipinski definition) is 3. The van der Waals surface area contributed by atoms with Crippen LogP contribution < -0.4 is 5.73 Å². The van der Waals surface area contributed by atoms with Crippen LogP contribution in [0.3, 0.4) is 0 Å². The monoisotopic (exact) mass is 460 g/mol. The maximum atomic E-state index is 13.7. The highest BCUT2D eigenvalue weighted by Gasteiger charge is 2.25. The summed E-state index contributed by atoms with van der Waals surface area (Å²) >= 11 is 0. The minimum Gasteiger partial charge on any atom is -0.478 e. The number of anilines is 1. The van der Waals surface area contributed by atoms with Gasteiger partial charge in [0.2, 0.25) is 0 Å². The molecule has 176 valence electrons. The van der Waals surface area contributed by atoms with Gasteiger partial charge in [0.05, 0.1) is 16.8 Å². The number of carboxylic acids is 1. The number of nitrogens with two attached hydrogens (primary N) is 1. The van der Waals surface area contributed by atoms with Gasteiger partial charge in [0.1, 0.15) is 5.82 Å². The molecule has 6 nitrogen and oxygen atoms in total. The predicted molar refractivity (Wildman–Crippen MR) is 136 cm³/mol. The third-order valence-electron chi connectivity index (χ3n) is 5.56. The van der Waals surface area contributed by atoms with E-state index in [0.29, 0.717) is 16.9 Å². The number of carboxylic acid groups (broad SMARTS) is 1. The second-order valence-corrected chi connectivity index (χ2v) is 8.06. The van der Waals surface area contributed by atoms with Crippen LogP contribution in [0.1, 0.15) is 60.8 Å². The average Bonchev–Trinajstić information content (AvgIpc) is 3.14. The summed E-state index contributed by atoms with van der Waals surface area (Å²) < 4.78 is 15.7. The number of nitrogen functional groups attached to an aromatic ring is 1. The van der Waals surface area contributed by atoms with Crippen molar-refractivity contribution in [1.82, 2.24) is 9.55 Å². The van der Waals surface area contributed by atoms with Crippen LogP contribution in [0.25, 0.3) is 27.8 Å². The summed E-state index contributed by atoms with van der Waals surface area (Å²) in [6.07, 6.45) is 2.56. The molecule has 0 atom stereocenters. The third-order valence-corrected chi connectivity index (χ3v) is 5.56. The number of nitrogens with zero attached hydrogens (tertiary/aromatic N) is 2. The molecule has 4 N–H and O–H groups in total. The maximum absolute atomic E-state index is 13.7. The summed E-state index contributed by atoms with van der Waals surface area (Å²) in [5.74, 6) is -1.32. The highest BCUT2D eigenvalue weighted by molar-refractivity contribution is 6.04. The Bertz CT molecular complexity index is 1370. The summed E-state index contributed by atoms with van der Waals surface area (Å²) in [5, 5.41) is 17.9. The lowest BCUT2D eigenvalue weighted by Crippen LogP contribution is -2.05. The van der Waals surface area contributed by atoms with Crippen molar-refractivity contribution in [2.45, 2.75) is 40.5 Å². The predicted octanol–water partition coefficient (Wildman–Crippen LogP) is 6.57. The van der Waals surface area contributed by atoms with Crippen molar-refractivity contribution < 1.29 is 14.3 Å². The van der Waals surface area contributed by atoms with E-state index in [9.17, 15) is 14.3 Å². The molecule has 0 bridgehead atoms. The second-order valence-electron chi connectivity index (χ2n) is 8.06. The van der Waals surface area contributed by atoms with Crippen molar-refractivity contribution in [3.05, 3.63) is 76.9 Å². The maximum Gasteiger partial charge on any atom is 0.337 e. The van der Waals surface area contributed by atoms with E-state index in [0.717, 1.165) is 33.4 Å². The first-order valence-electron chi connectivity index (χ1n) is 11.2. The number of carbonyl (C=O) groups is 1. The van der Waals surface area contributed by atoms with Crippen LogP contribution >= 0.6 is 0 Å². The van der Waals surface area contributed by atoms with Crippen LogP contribution in [0, 0.1) is 18.2 Å². The van der Waals surface area contributed by atoms with E-state index in [2.05, 4.69) is 18.8 Å². The van der Waals surface area contributed by atoms with Gasteiger partial charge in [-0.25, -0.2) is 9.18 Å². The first kappa shape index (κ1) is 24.6. The largest absolute Gasteiger partial charge is 0.478 e. The fourth-order valence-electron chi connectivity index (χ4n) is 4.13. The molecule has 2 heterocycles. The lowest BCUT2D eigenvalue weighted by atomic mass is 9.96. The van der Waals surface area contributed by atoms with Gasteiger partial charge in [0.15, 0.2) is 0 Å². The van der Waals surface area contributed by atoms with E-state index in [1.165, 1.54) is 24.5 Å². The molecule has 2 aromatic carbocycles. The molecule has 2 aromatic heterocycles. The molecule has 0 spiro atoms. The number of benzene rings is 2. The minimum absolute atomic E-state index is 0.0486. The summed E-state index contributed by atoms with van der Waals surface area (Å²) in [4.78, 5) is 15.9. The minimum atomic E-state index is -1.04. The molecule has 0 aliphatic heterocycles. The van der Waals surface area contributed by atoms with Crippen molar-refractivity contribution in [3.63, 3.8) is 0 Å². The molecule has 4 aromatic rings. The number of nitrogens with one attached hydrogen (secondary N) is 1. The average molecular weight is 461 g/mol. The zero-order valence-electron chi connectivity index (χ0n) is 20.0. The molecular formula is C27H29FN4O2. The molecular weight excluding hydrogens is 431 g/mol. The summed E-state index contributed by atoms with van der Waals surface area (Å²) in [5.41, 5.74) is 12.1. The Kier molecular flexibility index (Phi) is 7.15. The first-order chi connectivity index (χ1) is 16.2. The Labute approximate surface area is 198 Å². The van der Waals surface area contributed by atoms with Crippen molar-refractivity contribution >= 4 is 28.8 Å². The summed E-state index contributed by atoms with van der Waals surface area (Å²) in [7, 11) is 0. The van der Waals surface area contributed by atoms with E-state index in [4.69, 9.17) is 11.1 Å². The van der Waals surface area contributed by atoms with Gasteiger partial charge in [-0.1, -0.05) is 27.7 Å². The van der Waals surface area contributed by atoms with Gasteiger partial charge in [-0.15, -0.1) is 0 Å². The van der Waals surface area contributed by atoms with Crippen LogP contribution in [0.2, 0.25) is 0 Å². The fraction of sp³-hybridized carbons (Fsp3) is 0.222. The topological polar surface area (TPSA) is 105 Å². The molecule has 7 heteroatoms. The van der Waals surface area contributed by atoms with Crippen LogP contribution in [0.4, 0.5) is 10.1 Å². The van der Waals surface area contributed by atoms with Crippen LogP contribution in [-0.2, 0) is 0 Å². The van der Waals surface area contributed by atoms with E-state index in [1.54, 1.807) is 18.2 Å². The molecule has 4 rings (SSSR count). The Balaban J connectivity index is 0.00000158. The van der Waals surface area contributed by atoms with Crippen molar-refractivity contribution in [2.24, 2.45) is 0 Å². The second kappa shape index (κ2) is 9.87. The standard InChI is InChI=1S/C25H23FN4O2.C2H6/c1-13(2)24-22(23-14(3)8-16(12-29-23)25(31)32)19-10-20(28)15(11-27)9-21(19)30(24)18-6-4-17(26)5-7-18;1-2/h4-13,27H,28H2,1-3H3,(H,31,32);1-2H3. The number of hydrogen-bond acceptors (Lipinski definition) is 4. The van der Waals surface area contributed by atoms with E-state index in [1.807, 2.05) is 37.5 Å². The van der Waals surface area contributed by atoms with Crippen LogP contribution in [0.5, 0.6) is 0 Å². The molecule has 0 aliphatic carbocycles. The van der Waals surface area contributed by atoms with Crippen LogP contribution in [0.15, 0.2) is 48.7 Å². The number of rotatable bonds is 5. The van der Waals surface area contributed by atoms with Crippen LogP contribution in [-0.4, -0.2) is 26.8 Å². The number of halogens is 1. The molecule has 0 aliphatic rings. The SMILES string of the molecule is CC.Cc1cc(C(=O)O)cnc1-c1c(C(C)C)n(-c2ccc(F)cc2)c2cc(C=N)c(N)cc12. The van der Waals surface area contributed by atoms with Crippen molar-refractivity contribution in [2.75, 3.05) is 5.73 Å². The quantitative estimate of drug-likeness (QED) is 0.231. The lowest BCUT2D eigenvalue weighted by molar-refractivity contribution is 0.0696. The molecule has 0 unspecified atom stereocenters. The van der Waals surface area contributed by atoms with Gasteiger partial charge in [-0.05, 0) is 60.9 Å². The Hall–Kier alpha value is -4.00. The van der Waals surface area contributed by atoms with Gasteiger partial charge in [0.25, 0.3) is 0 Å². The Morgan fingerprint density at radius 3 is 2.35 bits per heavy atom. The Morgan fingerprint density at radius 1 is 1.18 bits per heavy atom. The Morgan fingerprint density at radius 2 is 1.82 bits per heavy atom. The summed E-state index contributed by atoms with van der Waals surface area (Å²) in [6, 6.07) is 11.5. The number of aryl methyl sites for hydroxylation is 1. The lowest BCUT2D eigenvalue weighted by Gasteiger charge is -2.16. The van der Waals surface area contributed by atoms with Crippen molar-refractivity contribution in [3.8, 4) is 16.9 Å². The number of fused-ring (bicyclic) bond motifs is 1. The van der Waals surface area contributed by atoms with E-state index >= 15 is 0 Å². The first-order valence-corrected chi connectivity index (χ1v) is 11.2. The molecule has 34 heavy (non-hydrogen) atoms. The number of pyridine rings is 1.